The first-order valence-electron chi connectivity index (χ1n) is 15.0. The van der Waals surface area contributed by atoms with Gasteiger partial charge in [0.25, 0.3) is 5.92 Å². The highest BCUT2D eigenvalue weighted by molar-refractivity contribution is 5.86. The van der Waals surface area contributed by atoms with Crippen LogP contribution in [0.5, 0.6) is 5.75 Å². The Kier molecular flexibility index (Phi) is 7.14. The Balaban J connectivity index is 1.11. The number of rotatable bonds is 7. The number of alkyl halides is 2. The number of hydrogen-bond acceptors (Lipinski definition) is 3. The van der Waals surface area contributed by atoms with Gasteiger partial charge < -0.3 is 4.74 Å². The van der Waals surface area contributed by atoms with E-state index in [2.05, 4.69) is 36.7 Å². The van der Waals surface area contributed by atoms with Crippen molar-refractivity contribution in [2.24, 2.45) is 23.2 Å². The van der Waals surface area contributed by atoms with Gasteiger partial charge in [0.2, 0.25) is 0 Å². The molecule has 3 aliphatic carbocycles. The van der Waals surface area contributed by atoms with Crippen LogP contribution in [0.4, 0.5) is 8.78 Å². The van der Waals surface area contributed by atoms with Gasteiger partial charge in [0.15, 0.2) is 0 Å². The second kappa shape index (κ2) is 10.4. The average Bonchev–Trinajstić information content (AvgIpc) is 3.41. The molecule has 5 heteroatoms. The van der Waals surface area contributed by atoms with Gasteiger partial charge in [-0.25, -0.2) is 0 Å². The number of hydrogen-bond donors (Lipinski definition) is 0. The van der Waals surface area contributed by atoms with Crippen LogP contribution in [0.1, 0.15) is 98.1 Å². The number of aryl methyl sites for hydroxylation is 3. The third kappa shape index (κ3) is 5.07. The summed E-state index contributed by atoms with van der Waals surface area (Å²) in [6.45, 7) is 6.21. The molecule has 2 saturated carbocycles. The van der Waals surface area contributed by atoms with Crippen LogP contribution in [0.2, 0.25) is 0 Å². The first kappa shape index (κ1) is 26.7. The fourth-order valence-electron chi connectivity index (χ4n) is 8.44. The van der Waals surface area contributed by atoms with Gasteiger partial charge in [0.05, 0.1) is 6.61 Å². The molecule has 3 nitrogen and oxygen atoms in total. The van der Waals surface area contributed by atoms with Gasteiger partial charge in [-0.1, -0.05) is 30.7 Å². The molecule has 1 unspecified atom stereocenters. The number of nitrogens with zero attached hydrogens (tertiary/aromatic N) is 1. The van der Waals surface area contributed by atoms with E-state index in [9.17, 15) is 13.6 Å². The number of ketones is 1. The van der Waals surface area contributed by atoms with E-state index in [4.69, 9.17) is 4.74 Å². The SMILES string of the molecule is C=CC(F)(F)c1cnc2c(c1)CCC(CC(=O)[C@@]13CCC[C@@H]1C[C@@H](C[C@@H]1CCOc4ccc(C)cc41)C3)CC2. The van der Waals surface area contributed by atoms with Crippen LogP contribution in [0, 0.1) is 30.1 Å². The van der Waals surface area contributed by atoms with Crippen molar-refractivity contribution in [2.45, 2.75) is 95.8 Å². The number of ether oxygens (including phenoxy) is 1. The van der Waals surface area contributed by atoms with Gasteiger partial charge in [-0.3, -0.25) is 9.78 Å². The summed E-state index contributed by atoms with van der Waals surface area (Å²) in [6.07, 6.45) is 13.7. The standard InChI is InChI=1S/C34H41F2NO2/c1-3-34(35,36)28-19-26-9-7-23(8-10-30(26)37-21-28)18-32(38)33-13-4-5-27(33)17-24(20-33)16-25-12-14-39-31-11-6-22(2)15-29(25)31/h3,6,11,15,19,21,23-25,27H,1,4-5,7-10,12-14,16-18,20H2,2H3/t23?,24-,25+,27-,33-/m1/s1. The number of halogens is 2. The minimum atomic E-state index is -3.06. The molecule has 1 aromatic heterocycles. The smallest absolute Gasteiger partial charge is 0.292 e. The Morgan fingerprint density at radius 2 is 2.03 bits per heavy atom. The summed E-state index contributed by atoms with van der Waals surface area (Å²) in [6, 6.07) is 8.16. The zero-order chi connectivity index (χ0) is 27.2. The largest absolute Gasteiger partial charge is 0.493 e. The second-order valence-electron chi connectivity index (χ2n) is 12.9. The van der Waals surface area contributed by atoms with Crippen LogP contribution in [0.3, 0.4) is 0 Å². The summed E-state index contributed by atoms with van der Waals surface area (Å²) < 4.78 is 34.3. The molecule has 4 aliphatic rings. The number of carbonyl (C=O) groups excluding carboxylic acids is 1. The fraction of sp³-hybridized carbons (Fsp3) is 0.588. The lowest BCUT2D eigenvalue weighted by Gasteiger charge is -2.31. The maximum atomic E-state index is 14.2. The highest BCUT2D eigenvalue weighted by atomic mass is 19.3. The molecule has 0 saturated heterocycles. The number of allylic oxidation sites excluding steroid dienone is 1. The summed E-state index contributed by atoms with van der Waals surface area (Å²) in [5.74, 6) is 0.420. The molecule has 0 radical (unpaired) electrons. The third-order valence-electron chi connectivity index (χ3n) is 10.5. The van der Waals surface area contributed by atoms with E-state index in [0.717, 1.165) is 68.6 Å². The Labute approximate surface area is 231 Å². The Morgan fingerprint density at radius 1 is 1.18 bits per heavy atom. The second-order valence-corrected chi connectivity index (χ2v) is 12.9. The number of aromatic nitrogens is 1. The molecule has 0 bridgehead atoms. The Bertz CT molecular complexity index is 1260. The molecular formula is C34H41F2NO2. The first-order valence-corrected chi connectivity index (χ1v) is 15.0. The lowest BCUT2D eigenvalue weighted by atomic mass is 9.72. The molecule has 208 valence electrons. The van der Waals surface area contributed by atoms with E-state index in [1.807, 2.05) is 0 Å². The quantitative estimate of drug-likeness (QED) is 0.266. The van der Waals surface area contributed by atoms with Gasteiger partial charge in [-0.15, -0.1) is 0 Å². The molecule has 0 amide bonds. The van der Waals surface area contributed by atoms with E-state index >= 15 is 0 Å². The number of carbonyl (C=O) groups is 1. The summed E-state index contributed by atoms with van der Waals surface area (Å²) in [5.41, 5.74) is 4.25. The molecule has 2 fully saturated rings. The topological polar surface area (TPSA) is 39.2 Å². The summed E-state index contributed by atoms with van der Waals surface area (Å²) in [5, 5.41) is 0. The maximum Gasteiger partial charge on any atom is 0.292 e. The highest BCUT2D eigenvalue weighted by Crippen LogP contribution is 2.59. The molecule has 1 aromatic carbocycles. The molecule has 2 aromatic rings. The summed E-state index contributed by atoms with van der Waals surface area (Å²) >= 11 is 0. The molecule has 6 rings (SSSR count). The number of fused-ring (bicyclic) bond motifs is 3. The molecule has 1 aliphatic heterocycles. The van der Waals surface area contributed by atoms with E-state index in [0.29, 0.717) is 48.4 Å². The third-order valence-corrected chi connectivity index (χ3v) is 10.5. The first-order chi connectivity index (χ1) is 18.8. The fourth-order valence-corrected chi connectivity index (χ4v) is 8.44. The summed E-state index contributed by atoms with van der Waals surface area (Å²) in [4.78, 5) is 18.5. The van der Waals surface area contributed by atoms with Crippen molar-refractivity contribution < 1.29 is 18.3 Å². The molecular weight excluding hydrogens is 492 g/mol. The zero-order valence-corrected chi connectivity index (χ0v) is 23.2. The predicted molar refractivity (Wildman–Crippen MR) is 149 cm³/mol. The van der Waals surface area contributed by atoms with Crippen LogP contribution < -0.4 is 4.74 Å². The van der Waals surface area contributed by atoms with Crippen molar-refractivity contribution in [3.8, 4) is 5.75 Å². The maximum absolute atomic E-state index is 14.2. The van der Waals surface area contributed by atoms with Crippen LogP contribution >= 0.6 is 0 Å². The normalized spacial score (nSPS) is 30.0. The van der Waals surface area contributed by atoms with E-state index < -0.39 is 5.92 Å². The molecule has 0 spiro atoms. The van der Waals surface area contributed by atoms with Crippen molar-refractivity contribution in [1.82, 2.24) is 4.98 Å². The molecule has 2 heterocycles. The van der Waals surface area contributed by atoms with Crippen LogP contribution in [0.25, 0.3) is 0 Å². The van der Waals surface area contributed by atoms with Gasteiger partial charge >= 0.3 is 0 Å². The molecule has 0 N–H and O–H groups in total. The number of benzene rings is 1. The monoisotopic (exact) mass is 533 g/mol. The van der Waals surface area contributed by atoms with Crippen molar-refractivity contribution in [3.63, 3.8) is 0 Å². The van der Waals surface area contributed by atoms with E-state index in [-0.39, 0.29) is 11.0 Å². The molecule has 39 heavy (non-hydrogen) atoms. The van der Waals surface area contributed by atoms with E-state index in [1.165, 1.54) is 36.6 Å². The lowest BCUT2D eigenvalue weighted by Crippen LogP contribution is -2.32. The highest BCUT2D eigenvalue weighted by Gasteiger charge is 2.54. The predicted octanol–water partition coefficient (Wildman–Crippen LogP) is 8.27. The number of pyridine rings is 1. The number of Topliss-reactive ketones (excluding diaryl/α,β-unsaturated/α-hetero) is 1. The van der Waals surface area contributed by atoms with Crippen LogP contribution in [-0.2, 0) is 23.6 Å². The minimum absolute atomic E-state index is 0.0854. The summed E-state index contributed by atoms with van der Waals surface area (Å²) in [7, 11) is 0. The zero-order valence-electron chi connectivity index (χ0n) is 23.2. The Morgan fingerprint density at radius 3 is 2.87 bits per heavy atom. The van der Waals surface area contributed by atoms with Crippen molar-refractivity contribution in [2.75, 3.05) is 6.61 Å². The van der Waals surface area contributed by atoms with Crippen molar-refractivity contribution in [1.29, 1.82) is 0 Å². The minimum Gasteiger partial charge on any atom is -0.493 e. The van der Waals surface area contributed by atoms with Crippen LogP contribution in [-0.4, -0.2) is 17.4 Å². The lowest BCUT2D eigenvalue weighted by molar-refractivity contribution is -0.131. The van der Waals surface area contributed by atoms with Gasteiger partial charge in [0.1, 0.15) is 11.5 Å². The molecule has 5 atom stereocenters. The van der Waals surface area contributed by atoms with Gasteiger partial charge in [0, 0.05) is 29.3 Å². The van der Waals surface area contributed by atoms with Gasteiger partial charge in [-0.2, -0.15) is 8.78 Å². The van der Waals surface area contributed by atoms with Crippen molar-refractivity contribution in [3.05, 3.63) is 71.1 Å². The van der Waals surface area contributed by atoms with Crippen molar-refractivity contribution >= 4 is 5.78 Å². The Hall–Kier alpha value is -2.56. The van der Waals surface area contributed by atoms with Crippen LogP contribution in [0.15, 0.2) is 43.1 Å². The van der Waals surface area contributed by atoms with Gasteiger partial charge in [-0.05, 0) is 124 Å². The van der Waals surface area contributed by atoms with E-state index in [1.54, 1.807) is 6.07 Å². The average molecular weight is 534 g/mol.